The van der Waals surface area contributed by atoms with Gasteiger partial charge in [-0.25, -0.2) is 0 Å². The Hall–Kier alpha value is -1.35. The fraction of sp³-hybridized carbons (Fsp3) is 0.500. The standard InChI is InChI=1S/C14H20N2O/c1-11-3-2-4-12(9-11)10-15-7-8-16-14(17)13-5-6-13/h2-4,9,13,15H,5-8,10H2,1H3,(H,16,17). The largest absolute Gasteiger partial charge is 0.355 e. The highest BCUT2D eigenvalue weighted by molar-refractivity contribution is 5.80. The van der Waals surface area contributed by atoms with Crippen molar-refractivity contribution in [3.8, 4) is 0 Å². The zero-order valence-electron chi connectivity index (χ0n) is 10.3. The van der Waals surface area contributed by atoms with Crippen molar-refractivity contribution in [3.05, 3.63) is 35.4 Å². The Morgan fingerprint density at radius 1 is 1.35 bits per heavy atom. The van der Waals surface area contributed by atoms with E-state index in [2.05, 4.69) is 41.8 Å². The third kappa shape index (κ3) is 4.19. The van der Waals surface area contributed by atoms with Crippen LogP contribution in [0.2, 0.25) is 0 Å². The topological polar surface area (TPSA) is 41.1 Å². The normalized spacial score (nSPS) is 14.6. The van der Waals surface area contributed by atoms with Crippen LogP contribution in [0.3, 0.4) is 0 Å². The van der Waals surface area contributed by atoms with Crippen LogP contribution in [0.15, 0.2) is 24.3 Å². The molecule has 3 heteroatoms. The van der Waals surface area contributed by atoms with Crippen LogP contribution in [0.4, 0.5) is 0 Å². The Labute approximate surface area is 103 Å². The van der Waals surface area contributed by atoms with Crippen molar-refractivity contribution >= 4 is 5.91 Å². The first-order valence-corrected chi connectivity index (χ1v) is 6.29. The molecule has 0 unspecified atom stereocenters. The summed E-state index contributed by atoms with van der Waals surface area (Å²) in [6, 6.07) is 8.46. The number of rotatable bonds is 6. The van der Waals surface area contributed by atoms with E-state index >= 15 is 0 Å². The molecular formula is C14H20N2O. The summed E-state index contributed by atoms with van der Waals surface area (Å²) in [6.07, 6.45) is 2.14. The van der Waals surface area contributed by atoms with Gasteiger partial charge >= 0.3 is 0 Å². The molecule has 1 fully saturated rings. The van der Waals surface area contributed by atoms with Gasteiger partial charge in [-0.2, -0.15) is 0 Å². The van der Waals surface area contributed by atoms with Crippen LogP contribution in [0.1, 0.15) is 24.0 Å². The first kappa shape index (κ1) is 12.1. The summed E-state index contributed by atoms with van der Waals surface area (Å²) in [5, 5.41) is 6.27. The zero-order chi connectivity index (χ0) is 12.1. The number of nitrogens with one attached hydrogen (secondary N) is 2. The lowest BCUT2D eigenvalue weighted by atomic mass is 10.1. The van der Waals surface area contributed by atoms with E-state index in [1.54, 1.807) is 0 Å². The summed E-state index contributed by atoms with van der Waals surface area (Å²) >= 11 is 0. The lowest BCUT2D eigenvalue weighted by Crippen LogP contribution is -2.32. The summed E-state index contributed by atoms with van der Waals surface area (Å²) < 4.78 is 0. The zero-order valence-corrected chi connectivity index (χ0v) is 10.3. The van der Waals surface area contributed by atoms with Crippen LogP contribution in [0, 0.1) is 12.8 Å². The van der Waals surface area contributed by atoms with Gasteiger partial charge in [-0.1, -0.05) is 29.8 Å². The first-order valence-electron chi connectivity index (χ1n) is 6.29. The number of amides is 1. The second-order valence-electron chi connectivity index (χ2n) is 4.73. The van der Waals surface area contributed by atoms with Gasteiger partial charge in [0.1, 0.15) is 0 Å². The molecule has 1 saturated carbocycles. The lowest BCUT2D eigenvalue weighted by molar-refractivity contribution is -0.122. The molecule has 2 N–H and O–H groups in total. The summed E-state index contributed by atoms with van der Waals surface area (Å²) in [5.74, 6) is 0.536. The van der Waals surface area contributed by atoms with Gasteiger partial charge in [0.05, 0.1) is 0 Å². The second kappa shape index (κ2) is 5.82. The lowest BCUT2D eigenvalue weighted by Gasteiger charge is -2.07. The molecule has 1 aliphatic carbocycles. The SMILES string of the molecule is Cc1cccc(CNCCNC(=O)C2CC2)c1. The molecule has 0 atom stereocenters. The average molecular weight is 232 g/mol. The van der Waals surface area contributed by atoms with Crippen LogP contribution in [0.25, 0.3) is 0 Å². The smallest absolute Gasteiger partial charge is 0.223 e. The van der Waals surface area contributed by atoms with E-state index in [4.69, 9.17) is 0 Å². The van der Waals surface area contributed by atoms with Gasteiger partial charge in [-0.15, -0.1) is 0 Å². The Kier molecular flexibility index (Phi) is 4.15. The van der Waals surface area contributed by atoms with Crippen LogP contribution in [0.5, 0.6) is 0 Å². The summed E-state index contributed by atoms with van der Waals surface area (Å²) in [6.45, 7) is 4.51. The predicted molar refractivity (Wildman–Crippen MR) is 68.6 cm³/mol. The van der Waals surface area contributed by atoms with Crippen molar-refractivity contribution in [1.29, 1.82) is 0 Å². The number of hydrogen-bond acceptors (Lipinski definition) is 2. The molecule has 1 aliphatic rings. The highest BCUT2D eigenvalue weighted by Crippen LogP contribution is 2.28. The molecule has 0 radical (unpaired) electrons. The molecular weight excluding hydrogens is 212 g/mol. The van der Waals surface area contributed by atoms with Crippen LogP contribution >= 0.6 is 0 Å². The van der Waals surface area contributed by atoms with Gasteiger partial charge in [0.25, 0.3) is 0 Å². The first-order chi connectivity index (χ1) is 8.25. The predicted octanol–water partition coefficient (Wildman–Crippen LogP) is 1.61. The Bertz CT molecular complexity index is 386. The highest BCUT2D eigenvalue weighted by atomic mass is 16.2. The van der Waals surface area contributed by atoms with Gasteiger partial charge in [-0.3, -0.25) is 4.79 Å². The summed E-state index contributed by atoms with van der Waals surface area (Å²) in [4.78, 5) is 11.3. The van der Waals surface area contributed by atoms with Gasteiger partial charge in [0.2, 0.25) is 5.91 Å². The van der Waals surface area contributed by atoms with E-state index in [1.807, 2.05) is 0 Å². The average Bonchev–Trinajstić information content (AvgIpc) is 3.12. The minimum atomic E-state index is 0.224. The summed E-state index contributed by atoms with van der Waals surface area (Å²) in [7, 11) is 0. The molecule has 0 spiro atoms. The molecule has 17 heavy (non-hydrogen) atoms. The molecule has 0 saturated heterocycles. The molecule has 0 heterocycles. The Morgan fingerprint density at radius 3 is 2.88 bits per heavy atom. The molecule has 3 nitrogen and oxygen atoms in total. The van der Waals surface area contributed by atoms with E-state index in [9.17, 15) is 4.79 Å². The monoisotopic (exact) mass is 232 g/mol. The maximum atomic E-state index is 11.3. The minimum Gasteiger partial charge on any atom is -0.355 e. The fourth-order valence-electron chi connectivity index (χ4n) is 1.82. The van der Waals surface area contributed by atoms with E-state index in [-0.39, 0.29) is 5.91 Å². The van der Waals surface area contributed by atoms with Crippen LogP contribution in [-0.4, -0.2) is 19.0 Å². The number of hydrogen-bond donors (Lipinski definition) is 2. The highest BCUT2D eigenvalue weighted by Gasteiger charge is 2.28. The Balaban J connectivity index is 1.58. The fourth-order valence-corrected chi connectivity index (χ4v) is 1.82. The molecule has 0 aromatic heterocycles. The van der Waals surface area contributed by atoms with Crippen molar-refractivity contribution in [2.75, 3.05) is 13.1 Å². The third-order valence-electron chi connectivity index (χ3n) is 2.96. The third-order valence-corrected chi connectivity index (χ3v) is 2.96. The van der Waals surface area contributed by atoms with Gasteiger partial charge in [-0.05, 0) is 25.3 Å². The van der Waals surface area contributed by atoms with Gasteiger partial charge in [0, 0.05) is 25.6 Å². The van der Waals surface area contributed by atoms with Crippen molar-refractivity contribution in [2.45, 2.75) is 26.3 Å². The van der Waals surface area contributed by atoms with Gasteiger partial charge < -0.3 is 10.6 Å². The van der Waals surface area contributed by atoms with Crippen molar-refractivity contribution in [1.82, 2.24) is 10.6 Å². The second-order valence-corrected chi connectivity index (χ2v) is 4.73. The molecule has 1 aromatic carbocycles. The molecule has 0 aliphatic heterocycles. The number of carbonyl (C=O) groups is 1. The van der Waals surface area contributed by atoms with E-state index in [1.165, 1.54) is 11.1 Å². The quantitative estimate of drug-likeness (QED) is 0.732. The maximum Gasteiger partial charge on any atom is 0.223 e. The van der Waals surface area contributed by atoms with E-state index < -0.39 is 0 Å². The summed E-state index contributed by atoms with van der Waals surface area (Å²) in [5.41, 5.74) is 2.57. The Morgan fingerprint density at radius 2 is 2.18 bits per heavy atom. The van der Waals surface area contributed by atoms with Crippen molar-refractivity contribution < 1.29 is 4.79 Å². The number of benzene rings is 1. The van der Waals surface area contributed by atoms with Crippen molar-refractivity contribution in [2.24, 2.45) is 5.92 Å². The molecule has 1 amide bonds. The minimum absolute atomic E-state index is 0.224. The number of carbonyl (C=O) groups excluding carboxylic acids is 1. The van der Waals surface area contributed by atoms with Crippen LogP contribution < -0.4 is 10.6 Å². The van der Waals surface area contributed by atoms with Gasteiger partial charge in [0.15, 0.2) is 0 Å². The molecule has 2 rings (SSSR count). The van der Waals surface area contributed by atoms with E-state index in [0.717, 1.165) is 32.5 Å². The maximum absolute atomic E-state index is 11.3. The molecule has 92 valence electrons. The molecule has 1 aromatic rings. The molecule has 0 bridgehead atoms. The van der Waals surface area contributed by atoms with E-state index in [0.29, 0.717) is 5.92 Å². The van der Waals surface area contributed by atoms with Crippen LogP contribution in [-0.2, 0) is 11.3 Å². The number of aryl methyl sites for hydroxylation is 1. The van der Waals surface area contributed by atoms with Crippen molar-refractivity contribution in [3.63, 3.8) is 0 Å².